The summed E-state index contributed by atoms with van der Waals surface area (Å²) in [5.41, 5.74) is 1.53. The van der Waals surface area contributed by atoms with E-state index in [0.717, 1.165) is 31.4 Å². The highest BCUT2D eigenvalue weighted by Crippen LogP contribution is 2.37. The first-order valence-corrected chi connectivity index (χ1v) is 6.97. The average molecular weight is 274 g/mol. The van der Waals surface area contributed by atoms with Gasteiger partial charge in [0, 0.05) is 0 Å². The lowest BCUT2D eigenvalue weighted by Crippen LogP contribution is -2.24. The lowest BCUT2D eigenvalue weighted by atomic mass is 9.90. The van der Waals surface area contributed by atoms with E-state index in [1.165, 1.54) is 7.11 Å². The molecule has 0 saturated heterocycles. The van der Waals surface area contributed by atoms with Crippen LogP contribution in [0.3, 0.4) is 0 Å². The first-order chi connectivity index (χ1) is 9.70. The molecule has 2 heterocycles. The number of carbonyl (C=O) groups excluding carboxylic acids is 1. The number of methoxy groups -OCH3 is 1. The number of aryl methyl sites for hydroxylation is 1. The molecule has 1 fully saturated rings. The zero-order valence-electron chi connectivity index (χ0n) is 11.7. The molecule has 1 atom stereocenters. The Morgan fingerprint density at radius 3 is 2.80 bits per heavy atom. The number of esters is 1. The van der Waals surface area contributed by atoms with Crippen LogP contribution < -0.4 is 0 Å². The van der Waals surface area contributed by atoms with Gasteiger partial charge in [-0.05, 0) is 37.8 Å². The Hall–Kier alpha value is -1.98. The Morgan fingerprint density at radius 1 is 1.35 bits per heavy atom. The van der Waals surface area contributed by atoms with Crippen LogP contribution in [0, 0.1) is 12.8 Å². The van der Waals surface area contributed by atoms with Crippen molar-refractivity contribution in [1.29, 1.82) is 0 Å². The molecule has 20 heavy (non-hydrogen) atoms. The summed E-state index contributed by atoms with van der Waals surface area (Å²) < 4.78 is 6.66. The number of carbonyl (C=O) groups is 1. The van der Waals surface area contributed by atoms with Crippen LogP contribution in [0.1, 0.15) is 43.1 Å². The summed E-state index contributed by atoms with van der Waals surface area (Å²) in [6.45, 7) is 1.91. The van der Waals surface area contributed by atoms with Crippen LogP contribution in [0.4, 0.5) is 0 Å². The maximum atomic E-state index is 12.2. The third-order valence-corrected chi connectivity index (χ3v) is 4.02. The molecule has 0 N–H and O–H groups in total. The number of ether oxygens (including phenoxy) is 1. The van der Waals surface area contributed by atoms with Gasteiger partial charge < -0.3 is 4.74 Å². The number of nitrogens with zero attached hydrogens (tertiary/aromatic N) is 4. The van der Waals surface area contributed by atoms with Crippen LogP contribution in [-0.4, -0.2) is 32.9 Å². The number of fused-ring (bicyclic) bond motifs is 1. The van der Waals surface area contributed by atoms with E-state index in [1.54, 1.807) is 4.52 Å². The summed E-state index contributed by atoms with van der Waals surface area (Å²) >= 11 is 0. The molecule has 1 unspecified atom stereocenters. The number of hydrogen-bond donors (Lipinski definition) is 0. The second-order valence-electron chi connectivity index (χ2n) is 5.35. The van der Waals surface area contributed by atoms with E-state index in [1.807, 2.05) is 19.1 Å². The molecule has 2 aromatic rings. The van der Waals surface area contributed by atoms with Gasteiger partial charge in [-0.2, -0.15) is 9.61 Å². The van der Waals surface area contributed by atoms with Gasteiger partial charge in [0.1, 0.15) is 5.92 Å². The normalized spacial score (nSPS) is 17.5. The molecule has 6 heteroatoms. The Kier molecular flexibility index (Phi) is 3.38. The van der Waals surface area contributed by atoms with E-state index in [2.05, 4.69) is 15.3 Å². The highest BCUT2D eigenvalue weighted by Gasteiger charge is 2.36. The van der Waals surface area contributed by atoms with Crippen molar-refractivity contribution in [2.24, 2.45) is 5.92 Å². The molecule has 0 radical (unpaired) electrons. The van der Waals surface area contributed by atoms with Gasteiger partial charge in [-0.25, -0.2) is 0 Å². The van der Waals surface area contributed by atoms with Crippen LogP contribution in [0.25, 0.3) is 5.65 Å². The van der Waals surface area contributed by atoms with Crippen molar-refractivity contribution in [3.8, 4) is 0 Å². The molecule has 106 valence electrons. The Morgan fingerprint density at radius 2 is 2.10 bits per heavy atom. The Labute approximate surface area is 117 Å². The van der Waals surface area contributed by atoms with Gasteiger partial charge in [-0.1, -0.05) is 12.8 Å². The van der Waals surface area contributed by atoms with Crippen molar-refractivity contribution in [1.82, 2.24) is 19.8 Å². The third-order valence-electron chi connectivity index (χ3n) is 4.02. The molecule has 0 spiro atoms. The molecular formula is C14H18N4O2. The zero-order valence-corrected chi connectivity index (χ0v) is 11.7. The van der Waals surface area contributed by atoms with E-state index < -0.39 is 0 Å². The van der Waals surface area contributed by atoms with Gasteiger partial charge in [0.25, 0.3) is 0 Å². The molecule has 0 bridgehead atoms. The summed E-state index contributed by atoms with van der Waals surface area (Å²) in [4.78, 5) is 12.2. The minimum absolute atomic E-state index is 0.241. The minimum Gasteiger partial charge on any atom is -0.468 e. The molecule has 1 aliphatic rings. The molecular weight excluding hydrogens is 256 g/mol. The van der Waals surface area contributed by atoms with Crippen molar-refractivity contribution < 1.29 is 9.53 Å². The molecule has 2 aromatic heterocycles. The molecule has 1 aliphatic carbocycles. The van der Waals surface area contributed by atoms with Crippen molar-refractivity contribution in [3.05, 3.63) is 23.7 Å². The van der Waals surface area contributed by atoms with Crippen LogP contribution in [0.2, 0.25) is 0 Å². The lowest BCUT2D eigenvalue weighted by Gasteiger charge is -2.18. The molecule has 0 aliphatic heterocycles. The molecule has 0 amide bonds. The smallest absolute Gasteiger partial charge is 0.316 e. The maximum absolute atomic E-state index is 12.2. The average Bonchev–Trinajstić information content (AvgIpc) is 3.09. The van der Waals surface area contributed by atoms with Crippen molar-refractivity contribution in [3.63, 3.8) is 0 Å². The van der Waals surface area contributed by atoms with E-state index in [4.69, 9.17) is 4.74 Å². The third kappa shape index (κ3) is 2.15. The van der Waals surface area contributed by atoms with Gasteiger partial charge in [-0.15, -0.1) is 10.2 Å². The summed E-state index contributed by atoms with van der Waals surface area (Å²) in [5.74, 6) is 0.265. The summed E-state index contributed by atoms with van der Waals surface area (Å²) in [6, 6.07) is 3.75. The highest BCUT2D eigenvalue weighted by molar-refractivity contribution is 5.77. The van der Waals surface area contributed by atoms with Crippen molar-refractivity contribution in [2.75, 3.05) is 7.11 Å². The summed E-state index contributed by atoms with van der Waals surface area (Å²) in [7, 11) is 1.42. The Bertz CT molecular complexity index is 631. The van der Waals surface area contributed by atoms with Crippen molar-refractivity contribution in [2.45, 2.75) is 38.5 Å². The largest absolute Gasteiger partial charge is 0.468 e. The number of rotatable bonds is 3. The lowest BCUT2D eigenvalue weighted by molar-refractivity contribution is -0.144. The fourth-order valence-corrected chi connectivity index (χ4v) is 3.02. The fourth-order valence-electron chi connectivity index (χ4n) is 3.02. The van der Waals surface area contributed by atoms with Gasteiger partial charge in [0.15, 0.2) is 11.5 Å². The van der Waals surface area contributed by atoms with E-state index in [-0.39, 0.29) is 17.8 Å². The van der Waals surface area contributed by atoms with Gasteiger partial charge >= 0.3 is 5.97 Å². The second-order valence-corrected chi connectivity index (χ2v) is 5.35. The first-order valence-electron chi connectivity index (χ1n) is 6.97. The standard InChI is InChI=1S/C14H18N4O2/c1-9-7-8-11-15-16-13(18(11)17-9)12(14(19)20-2)10-5-3-4-6-10/h7-8,10,12H,3-6H2,1-2H3. The second kappa shape index (κ2) is 5.19. The van der Waals surface area contributed by atoms with Crippen LogP contribution in [0.15, 0.2) is 12.1 Å². The molecule has 6 nitrogen and oxygen atoms in total. The quantitative estimate of drug-likeness (QED) is 0.799. The predicted octanol–water partition coefficient (Wildman–Crippen LogP) is 1.88. The van der Waals surface area contributed by atoms with E-state index >= 15 is 0 Å². The Balaban J connectivity index is 2.08. The van der Waals surface area contributed by atoms with Crippen LogP contribution in [-0.2, 0) is 9.53 Å². The summed E-state index contributed by atoms with van der Waals surface area (Å²) in [6.07, 6.45) is 4.36. The van der Waals surface area contributed by atoms with E-state index in [9.17, 15) is 4.79 Å². The minimum atomic E-state index is -0.369. The molecule has 1 saturated carbocycles. The molecule has 0 aromatic carbocycles. The molecule has 3 rings (SSSR count). The summed E-state index contributed by atoms with van der Waals surface area (Å²) in [5, 5.41) is 12.7. The monoisotopic (exact) mass is 274 g/mol. The van der Waals surface area contributed by atoms with Gasteiger partial charge in [-0.3, -0.25) is 4.79 Å². The maximum Gasteiger partial charge on any atom is 0.316 e. The predicted molar refractivity (Wildman–Crippen MR) is 72.2 cm³/mol. The topological polar surface area (TPSA) is 69.4 Å². The number of hydrogen-bond acceptors (Lipinski definition) is 5. The zero-order chi connectivity index (χ0) is 14.1. The van der Waals surface area contributed by atoms with Gasteiger partial charge in [0.05, 0.1) is 12.8 Å². The first kappa shape index (κ1) is 13.0. The SMILES string of the molecule is COC(=O)C(c1nnc2ccc(C)nn12)C1CCCC1. The van der Waals surface area contributed by atoms with E-state index in [0.29, 0.717) is 11.5 Å². The number of aromatic nitrogens is 4. The van der Waals surface area contributed by atoms with Crippen LogP contribution >= 0.6 is 0 Å². The fraction of sp³-hybridized carbons (Fsp3) is 0.571. The van der Waals surface area contributed by atoms with Crippen molar-refractivity contribution >= 4 is 11.6 Å². The highest BCUT2D eigenvalue weighted by atomic mass is 16.5. The van der Waals surface area contributed by atoms with Gasteiger partial charge in [0.2, 0.25) is 0 Å². The van der Waals surface area contributed by atoms with Crippen LogP contribution in [0.5, 0.6) is 0 Å².